The Balaban J connectivity index is 1.88. The molecule has 1 aliphatic rings. The maximum Gasteiger partial charge on any atom is 0.259 e. The summed E-state index contributed by atoms with van der Waals surface area (Å²) in [5.41, 5.74) is 2.42. The molecule has 1 aromatic carbocycles. The molecular formula is C15H15NO3. The highest BCUT2D eigenvalue weighted by molar-refractivity contribution is 6.05. The Morgan fingerprint density at radius 1 is 1.32 bits per heavy atom. The monoisotopic (exact) mass is 257 g/mol. The van der Waals surface area contributed by atoms with Gasteiger partial charge in [-0.05, 0) is 31.5 Å². The molecular weight excluding hydrogens is 242 g/mol. The molecule has 1 N–H and O–H groups in total. The van der Waals surface area contributed by atoms with Gasteiger partial charge < -0.3 is 14.5 Å². The van der Waals surface area contributed by atoms with Crippen LogP contribution in [0.2, 0.25) is 0 Å². The molecule has 1 aliphatic heterocycles. The predicted molar refractivity (Wildman–Crippen MR) is 71.8 cm³/mol. The van der Waals surface area contributed by atoms with E-state index in [1.54, 1.807) is 13.0 Å². The van der Waals surface area contributed by atoms with Crippen molar-refractivity contribution >= 4 is 11.6 Å². The molecule has 0 radical (unpaired) electrons. The summed E-state index contributed by atoms with van der Waals surface area (Å²) >= 11 is 0. The fraction of sp³-hybridized carbons (Fsp3) is 0.267. The summed E-state index contributed by atoms with van der Waals surface area (Å²) in [5.74, 6) is 1.98. The summed E-state index contributed by atoms with van der Waals surface area (Å²) in [6.45, 7) is 4.28. The predicted octanol–water partition coefficient (Wildman–Crippen LogP) is 3.08. The molecule has 0 saturated carbocycles. The van der Waals surface area contributed by atoms with Crippen molar-refractivity contribution in [2.24, 2.45) is 0 Å². The molecule has 0 aliphatic carbocycles. The zero-order valence-corrected chi connectivity index (χ0v) is 10.9. The third-order valence-electron chi connectivity index (χ3n) is 3.25. The van der Waals surface area contributed by atoms with Gasteiger partial charge in [-0.25, -0.2) is 0 Å². The van der Waals surface area contributed by atoms with Crippen LogP contribution in [0.1, 0.15) is 27.4 Å². The molecule has 0 bridgehead atoms. The minimum Gasteiger partial charge on any atom is -0.491 e. The fourth-order valence-electron chi connectivity index (χ4n) is 2.36. The van der Waals surface area contributed by atoms with Gasteiger partial charge in [-0.1, -0.05) is 12.1 Å². The van der Waals surface area contributed by atoms with Crippen LogP contribution in [0, 0.1) is 13.8 Å². The van der Waals surface area contributed by atoms with Crippen molar-refractivity contribution in [3.63, 3.8) is 0 Å². The Morgan fingerprint density at radius 2 is 2.16 bits per heavy atom. The SMILES string of the molecule is Cc1cc(C(=O)Nc2cccc3c2OCC3)c(C)o1. The van der Waals surface area contributed by atoms with Crippen LogP contribution in [0.4, 0.5) is 5.69 Å². The highest BCUT2D eigenvalue weighted by Gasteiger charge is 2.19. The largest absolute Gasteiger partial charge is 0.491 e. The molecule has 0 unspecified atom stereocenters. The smallest absolute Gasteiger partial charge is 0.259 e. The maximum absolute atomic E-state index is 12.2. The number of hydrogen-bond acceptors (Lipinski definition) is 3. The number of anilines is 1. The lowest BCUT2D eigenvalue weighted by atomic mass is 10.1. The van der Waals surface area contributed by atoms with Gasteiger partial charge in [0.15, 0.2) is 0 Å². The third kappa shape index (κ3) is 2.10. The standard InChI is InChI=1S/C15H15NO3/c1-9-8-12(10(2)19-9)15(17)16-13-5-3-4-11-6-7-18-14(11)13/h3-5,8H,6-7H2,1-2H3,(H,16,17). The number of aryl methyl sites for hydroxylation is 2. The molecule has 98 valence electrons. The van der Waals surface area contributed by atoms with Gasteiger partial charge in [-0.15, -0.1) is 0 Å². The number of carbonyl (C=O) groups excluding carboxylic acids is 1. The van der Waals surface area contributed by atoms with Gasteiger partial charge in [-0.2, -0.15) is 0 Å². The van der Waals surface area contributed by atoms with Crippen LogP contribution >= 0.6 is 0 Å². The van der Waals surface area contributed by atoms with E-state index in [-0.39, 0.29) is 5.91 Å². The molecule has 4 nitrogen and oxygen atoms in total. The lowest BCUT2D eigenvalue weighted by molar-refractivity contribution is 0.102. The summed E-state index contributed by atoms with van der Waals surface area (Å²) in [6, 6.07) is 7.54. The molecule has 1 amide bonds. The van der Waals surface area contributed by atoms with E-state index in [0.717, 1.165) is 29.2 Å². The Kier molecular flexibility index (Phi) is 2.78. The Hall–Kier alpha value is -2.23. The van der Waals surface area contributed by atoms with Gasteiger partial charge in [0.05, 0.1) is 17.9 Å². The van der Waals surface area contributed by atoms with E-state index >= 15 is 0 Å². The molecule has 0 spiro atoms. The van der Waals surface area contributed by atoms with Crippen LogP contribution in [0.3, 0.4) is 0 Å². The highest BCUT2D eigenvalue weighted by atomic mass is 16.5. The first-order valence-electron chi connectivity index (χ1n) is 6.28. The Bertz CT molecular complexity index is 643. The number of rotatable bonds is 2. The van der Waals surface area contributed by atoms with Crippen LogP contribution in [0.15, 0.2) is 28.7 Å². The molecule has 19 heavy (non-hydrogen) atoms. The molecule has 3 rings (SSSR count). The van der Waals surface area contributed by atoms with Crippen LogP contribution in [-0.4, -0.2) is 12.5 Å². The normalized spacial score (nSPS) is 12.9. The van der Waals surface area contributed by atoms with Crippen molar-refractivity contribution in [1.29, 1.82) is 0 Å². The van der Waals surface area contributed by atoms with E-state index in [9.17, 15) is 4.79 Å². The minimum absolute atomic E-state index is 0.168. The Morgan fingerprint density at radius 3 is 2.89 bits per heavy atom. The molecule has 2 heterocycles. The summed E-state index contributed by atoms with van der Waals surface area (Å²) in [6.07, 6.45) is 0.892. The molecule has 0 saturated heterocycles. The van der Waals surface area contributed by atoms with Crippen molar-refractivity contribution < 1.29 is 13.9 Å². The molecule has 0 fully saturated rings. The topological polar surface area (TPSA) is 51.5 Å². The highest BCUT2D eigenvalue weighted by Crippen LogP contribution is 2.33. The Labute approximate surface area is 111 Å². The van der Waals surface area contributed by atoms with Crippen molar-refractivity contribution in [1.82, 2.24) is 0 Å². The zero-order valence-electron chi connectivity index (χ0n) is 10.9. The van der Waals surface area contributed by atoms with Crippen molar-refractivity contribution in [2.75, 3.05) is 11.9 Å². The number of ether oxygens (including phenoxy) is 1. The van der Waals surface area contributed by atoms with E-state index in [4.69, 9.17) is 9.15 Å². The average molecular weight is 257 g/mol. The fourth-order valence-corrected chi connectivity index (χ4v) is 2.36. The van der Waals surface area contributed by atoms with E-state index in [2.05, 4.69) is 5.32 Å². The van der Waals surface area contributed by atoms with E-state index in [1.807, 2.05) is 25.1 Å². The van der Waals surface area contributed by atoms with Gasteiger partial charge in [0.1, 0.15) is 17.3 Å². The molecule has 0 atom stereocenters. The summed E-state index contributed by atoms with van der Waals surface area (Å²) < 4.78 is 10.9. The first-order valence-corrected chi connectivity index (χ1v) is 6.28. The number of furan rings is 1. The lowest BCUT2D eigenvalue weighted by Crippen LogP contribution is -2.12. The molecule has 2 aromatic rings. The number of carbonyl (C=O) groups is 1. The molecule has 1 aromatic heterocycles. The first-order chi connectivity index (χ1) is 9.15. The van der Waals surface area contributed by atoms with Crippen molar-refractivity contribution in [2.45, 2.75) is 20.3 Å². The van der Waals surface area contributed by atoms with Crippen molar-refractivity contribution in [3.05, 3.63) is 46.9 Å². The van der Waals surface area contributed by atoms with Crippen LogP contribution in [0.5, 0.6) is 5.75 Å². The number of nitrogens with one attached hydrogen (secondary N) is 1. The second-order valence-electron chi connectivity index (χ2n) is 4.67. The summed E-state index contributed by atoms with van der Waals surface area (Å²) in [4.78, 5) is 12.2. The lowest BCUT2D eigenvalue weighted by Gasteiger charge is -2.09. The minimum atomic E-state index is -0.168. The zero-order chi connectivity index (χ0) is 13.4. The average Bonchev–Trinajstić information content (AvgIpc) is 2.96. The van der Waals surface area contributed by atoms with Gasteiger partial charge in [0.25, 0.3) is 5.91 Å². The maximum atomic E-state index is 12.2. The third-order valence-corrected chi connectivity index (χ3v) is 3.25. The number of para-hydroxylation sites is 1. The van der Waals surface area contributed by atoms with E-state index in [0.29, 0.717) is 17.9 Å². The number of fused-ring (bicyclic) bond motifs is 1. The first kappa shape index (κ1) is 11.8. The number of hydrogen-bond donors (Lipinski definition) is 1. The number of amides is 1. The van der Waals surface area contributed by atoms with E-state index in [1.165, 1.54) is 0 Å². The second kappa shape index (κ2) is 4.46. The second-order valence-corrected chi connectivity index (χ2v) is 4.67. The van der Waals surface area contributed by atoms with Gasteiger partial charge in [0, 0.05) is 6.42 Å². The van der Waals surface area contributed by atoms with Crippen LogP contribution < -0.4 is 10.1 Å². The van der Waals surface area contributed by atoms with E-state index < -0.39 is 0 Å². The summed E-state index contributed by atoms with van der Waals surface area (Å²) in [5, 5.41) is 2.89. The van der Waals surface area contributed by atoms with Crippen molar-refractivity contribution in [3.8, 4) is 5.75 Å². The van der Waals surface area contributed by atoms with Gasteiger partial charge in [0.2, 0.25) is 0 Å². The van der Waals surface area contributed by atoms with Gasteiger partial charge in [-0.3, -0.25) is 4.79 Å². The van der Waals surface area contributed by atoms with Crippen LogP contribution in [0.25, 0.3) is 0 Å². The summed E-state index contributed by atoms with van der Waals surface area (Å²) in [7, 11) is 0. The quantitative estimate of drug-likeness (QED) is 0.899. The van der Waals surface area contributed by atoms with Gasteiger partial charge >= 0.3 is 0 Å². The van der Waals surface area contributed by atoms with Crippen LogP contribution in [-0.2, 0) is 6.42 Å². The molecule has 4 heteroatoms. The number of benzene rings is 1.